The third-order valence-corrected chi connectivity index (χ3v) is 6.54. The quantitative estimate of drug-likeness (QED) is 0.581. The molecule has 5 nitrogen and oxygen atoms in total. The summed E-state index contributed by atoms with van der Waals surface area (Å²) < 4.78 is 34.9. The van der Waals surface area contributed by atoms with Gasteiger partial charge in [-0.15, -0.1) is 4.72 Å². The first-order chi connectivity index (χ1) is 12.9. The van der Waals surface area contributed by atoms with E-state index in [1.165, 1.54) is 25.1 Å². The van der Waals surface area contributed by atoms with Crippen molar-refractivity contribution in [2.45, 2.75) is 44.9 Å². The molecule has 1 aromatic heterocycles. The third kappa shape index (κ3) is 3.89. The topological polar surface area (TPSA) is 74.3 Å². The Kier molecular flexibility index (Phi) is 5.49. The van der Waals surface area contributed by atoms with Crippen LogP contribution in [-0.4, -0.2) is 26.7 Å². The number of halogens is 2. The maximum atomic E-state index is 13.6. The van der Waals surface area contributed by atoms with E-state index in [0.717, 1.165) is 0 Å². The predicted molar refractivity (Wildman–Crippen MR) is 109 cm³/mol. The van der Waals surface area contributed by atoms with Crippen LogP contribution in [0.2, 0.25) is 5.02 Å². The van der Waals surface area contributed by atoms with Crippen LogP contribution in [-0.2, 0) is 16.9 Å². The van der Waals surface area contributed by atoms with E-state index in [2.05, 4.69) is 9.71 Å². The molecule has 0 bridgehead atoms. The zero-order valence-electron chi connectivity index (χ0n) is 16.4. The van der Waals surface area contributed by atoms with Crippen LogP contribution in [0.15, 0.2) is 24.3 Å². The smallest absolute Gasteiger partial charge is 0.178 e. The molecule has 150 valence electrons. The molecule has 2 atom stereocenters. The van der Waals surface area contributed by atoms with Gasteiger partial charge in [0.05, 0.1) is 5.02 Å². The Morgan fingerprint density at radius 1 is 1.39 bits per heavy atom. The van der Waals surface area contributed by atoms with Gasteiger partial charge in [-0.3, -0.25) is 4.79 Å². The van der Waals surface area contributed by atoms with Crippen LogP contribution in [0.4, 0.5) is 4.39 Å². The summed E-state index contributed by atoms with van der Waals surface area (Å²) in [4.78, 5) is 16.5. The molecule has 1 N–H and O–H groups in total. The van der Waals surface area contributed by atoms with Crippen LogP contribution < -0.4 is 9.46 Å². The number of nitrogens with zero attached hydrogens (tertiary/aromatic N) is 1. The van der Waals surface area contributed by atoms with E-state index in [1.54, 1.807) is 6.07 Å². The second-order valence-corrected chi connectivity index (χ2v) is 10.4. The van der Waals surface area contributed by atoms with Gasteiger partial charge in [-0.1, -0.05) is 11.6 Å². The minimum absolute atomic E-state index is 0.0472. The second-order valence-electron chi connectivity index (χ2n) is 8.02. The van der Waals surface area contributed by atoms with Crippen molar-refractivity contribution in [2.75, 3.05) is 6.61 Å². The lowest BCUT2D eigenvalue weighted by molar-refractivity contribution is 0.101. The first-order valence-electron chi connectivity index (χ1n) is 8.77. The highest BCUT2D eigenvalue weighted by Crippen LogP contribution is 2.44. The number of aromatic nitrogens is 1. The summed E-state index contributed by atoms with van der Waals surface area (Å²) in [5.74, 6) is -0.296. The van der Waals surface area contributed by atoms with Crippen molar-refractivity contribution in [2.24, 2.45) is 0 Å². The Bertz CT molecular complexity index is 948. The summed E-state index contributed by atoms with van der Waals surface area (Å²) in [6.45, 7) is 9.12. The van der Waals surface area contributed by atoms with Crippen LogP contribution in [0.3, 0.4) is 0 Å². The van der Waals surface area contributed by atoms with Gasteiger partial charge >= 0.3 is 0 Å². The summed E-state index contributed by atoms with van der Waals surface area (Å²) in [6, 6.07) is 5.88. The van der Waals surface area contributed by atoms with E-state index in [-0.39, 0.29) is 23.1 Å². The van der Waals surface area contributed by atoms with Gasteiger partial charge in [0.1, 0.15) is 34.1 Å². The van der Waals surface area contributed by atoms with E-state index in [9.17, 15) is 13.7 Å². The normalized spacial score (nSPS) is 19.9. The first kappa shape index (κ1) is 21.0. The molecule has 0 fully saturated rings. The van der Waals surface area contributed by atoms with Gasteiger partial charge < -0.3 is 9.29 Å². The Labute approximate surface area is 172 Å². The SMILES string of the molecule is CC(=O)c1cc2c(c(-c3ccc(F)c(Cl)c3)n1)OCC2(C)N[S+]([O-])C(C)(C)C. The average molecular weight is 425 g/mol. The van der Waals surface area contributed by atoms with Gasteiger partial charge in [0.2, 0.25) is 0 Å². The number of fused-ring (bicyclic) bond motifs is 1. The van der Waals surface area contributed by atoms with Crippen LogP contribution >= 0.6 is 11.6 Å². The van der Waals surface area contributed by atoms with Crippen LogP contribution in [0.25, 0.3) is 11.3 Å². The van der Waals surface area contributed by atoms with Crippen LogP contribution in [0.1, 0.15) is 50.7 Å². The van der Waals surface area contributed by atoms with E-state index in [1.807, 2.05) is 27.7 Å². The maximum absolute atomic E-state index is 13.6. The van der Waals surface area contributed by atoms with Gasteiger partial charge in [-0.05, 0) is 52.0 Å². The molecular formula is C20H22ClFN2O3S. The van der Waals surface area contributed by atoms with Gasteiger partial charge in [-0.25, -0.2) is 9.37 Å². The lowest BCUT2D eigenvalue weighted by atomic mass is 9.93. The average Bonchev–Trinajstić information content (AvgIpc) is 2.92. The van der Waals surface area contributed by atoms with Crippen molar-refractivity contribution in [1.82, 2.24) is 9.71 Å². The van der Waals surface area contributed by atoms with Crippen molar-refractivity contribution in [3.05, 3.63) is 46.4 Å². The number of rotatable bonds is 4. The molecule has 2 unspecified atom stereocenters. The molecule has 3 rings (SSSR count). The fourth-order valence-corrected chi connectivity index (χ4v) is 3.91. The molecular weight excluding hydrogens is 403 g/mol. The first-order valence-corrected chi connectivity index (χ1v) is 10.3. The van der Waals surface area contributed by atoms with E-state index < -0.39 is 27.5 Å². The van der Waals surface area contributed by atoms with Crippen molar-refractivity contribution >= 4 is 28.7 Å². The number of carbonyl (C=O) groups is 1. The minimum Gasteiger partial charge on any atom is -0.598 e. The number of hydrogen-bond acceptors (Lipinski definition) is 5. The Balaban J connectivity index is 2.15. The number of nitrogens with one attached hydrogen (secondary N) is 1. The number of hydrogen-bond donors (Lipinski definition) is 1. The zero-order chi connectivity index (χ0) is 20.9. The number of carbonyl (C=O) groups excluding carboxylic acids is 1. The Morgan fingerprint density at radius 3 is 2.64 bits per heavy atom. The maximum Gasteiger partial charge on any atom is 0.178 e. The van der Waals surface area contributed by atoms with Crippen LogP contribution in [0.5, 0.6) is 5.75 Å². The van der Waals surface area contributed by atoms with Crippen molar-refractivity contribution in [1.29, 1.82) is 0 Å². The monoisotopic (exact) mass is 424 g/mol. The van der Waals surface area contributed by atoms with Crippen molar-refractivity contribution in [3.63, 3.8) is 0 Å². The molecule has 0 spiro atoms. The molecule has 2 heterocycles. The van der Waals surface area contributed by atoms with Crippen LogP contribution in [0, 0.1) is 5.82 Å². The lowest BCUT2D eigenvalue weighted by Gasteiger charge is -2.31. The number of Topliss-reactive ketones (excluding diaryl/α,β-unsaturated/α-hetero) is 1. The predicted octanol–water partition coefficient (Wildman–Crippen LogP) is 4.40. The van der Waals surface area contributed by atoms with Gasteiger partial charge in [-0.2, -0.15) is 0 Å². The van der Waals surface area contributed by atoms with Crippen molar-refractivity contribution < 1.29 is 18.5 Å². The molecule has 0 aliphatic carbocycles. The highest BCUT2D eigenvalue weighted by molar-refractivity contribution is 7.90. The fraction of sp³-hybridized carbons (Fsp3) is 0.400. The number of pyridine rings is 1. The van der Waals surface area contributed by atoms with E-state index >= 15 is 0 Å². The minimum atomic E-state index is -1.35. The molecule has 0 saturated heterocycles. The molecule has 8 heteroatoms. The largest absolute Gasteiger partial charge is 0.598 e. The summed E-state index contributed by atoms with van der Waals surface area (Å²) >= 11 is 4.57. The molecule has 2 aromatic rings. The molecule has 1 aromatic carbocycles. The van der Waals surface area contributed by atoms with Gasteiger partial charge in [0.15, 0.2) is 11.5 Å². The van der Waals surface area contributed by atoms with Gasteiger partial charge in [0, 0.05) is 29.4 Å². The molecule has 0 amide bonds. The van der Waals surface area contributed by atoms with Crippen molar-refractivity contribution in [3.8, 4) is 17.0 Å². The van der Waals surface area contributed by atoms with E-state index in [4.69, 9.17) is 16.3 Å². The summed E-state index contributed by atoms with van der Waals surface area (Å²) in [5.41, 5.74) is 1.08. The van der Waals surface area contributed by atoms with Gasteiger partial charge in [0.25, 0.3) is 0 Å². The number of ketones is 1. The van der Waals surface area contributed by atoms with E-state index in [0.29, 0.717) is 22.6 Å². The lowest BCUT2D eigenvalue weighted by Crippen LogP contribution is -2.50. The highest BCUT2D eigenvalue weighted by atomic mass is 35.5. The molecule has 0 radical (unpaired) electrons. The molecule has 28 heavy (non-hydrogen) atoms. The summed E-state index contributed by atoms with van der Waals surface area (Å²) in [7, 11) is 0. The summed E-state index contributed by atoms with van der Waals surface area (Å²) in [5, 5.41) is -0.0472. The molecule has 1 aliphatic heterocycles. The number of ether oxygens (including phenoxy) is 1. The molecule has 1 aliphatic rings. The standard InChI is InChI=1S/C20H22ClFN2O3S/c1-11(25)16-9-13-18(17(23-16)12-6-7-15(22)14(21)8-12)27-10-20(13,5)24-28(26)19(2,3)4/h6-9,24H,10H2,1-5H3. The summed E-state index contributed by atoms with van der Waals surface area (Å²) in [6.07, 6.45) is 0. The third-order valence-electron chi connectivity index (χ3n) is 4.50. The zero-order valence-corrected chi connectivity index (χ0v) is 17.9. The molecule has 0 saturated carbocycles. The number of benzene rings is 1. The Morgan fingerprint density at radius 2 is 2.07 bits per heavy atom. The highest BCUT2D eigenvalue weighted by Gasteiger charge is 2.45. The Hall–Kier alpha value is -1.67. The second kappa shape index (κ2) is 7.30. The fourth-order valence-electron chi connectivity index (χ4n) is 2.85.